The highest BCUT2D eigenvalue weighted by Gasteiger charge is 2.01. The number of nitrogens with zero attached hydrogens (tertiary/aromatic N) is 1. The first-order chi connectivity index (χ1) is 4.72. The van der Waals surface area contributed by atoms with Crippen LogP contribution in [0.15, 0.2) is 24.3 Å². The summed E-state index contributed by atoms with van der Waals surface area (Å²) in [5.74, 6) is -0.0486. The zero-order valence-electron chi connectivity index (χ0n) is 5.58. The van der Waals surface area contributed by atoms with Gasteiger partial charge in [-0.1, -0.05) is 12.1 Å². The van der Waals surface area contributed by atoms with Crippen LogP contribution in [-0.2, 0) is 0 Å². The second-order valence-electron chi connectivity index (χ2n) is 1.97. The topological polar surface area (TPSA) is 23.5 Å². The summed E-state index contributed by atoms with van der Waals surface area (Å²) in [6.07, 6.45) is 0. The Labute approximate surface area is 58.5 Å². The molecule has 0 aromatic heterocycles. The normalized spacial score (nSPS) is 9.40. The molecule has 0 radical (unpaired) electrons. The lowest BCUT2D eigenvalue weighted by atomic mass is 10.3. The predicted molar refractivity (Wildman–Crippen MR) is 37.6 cm³/mol. The molecule has 0 saturated heterocycles. The van der Waals surface area contributed by atoms with Crippen LogP contribution in [0.1, 0.15) is 0 Å². The highest BCUT2D eigenvalue weighted by molar-refractivity contribution is 5.54. The van der Waals surface area contributed by atoms with Gasteiger partial charge in [-0.15, -0.1) is 4.48 Å². The van der Waals surface area contributed by atoms with Crippen LogP contribution in [0.2, 0.25) is 0 Å². The molecule has 2 nitrogen and oxygen atoms in total. The van der Waals surface area contributed by atoms with Crippen LogP contribution in [0.5, 0.6) is 5.75 Å². The number of halogens is 1. The van der Waals surface area contributed by atoms with E-state index in [9.17, 15) is 4.48 Å². The molecule has 0 amide bonds. The molecule has 0 aliphatic carbocycles. The molecule has 0 atom stereocenters. The van der Waals surface area contributed by atoms with Gasteiger partial charge in [0, 0.05) is 7.05 Å². The maximum Gasteiger partial charge on any atom is 0.141 e. The molecule has 0 aliphatic heterocycles. The number of phenolic OH excluding ortho intramolecular Hbond substituents is 1. The number of hydrogen-bond acceptors (Lipinski definition) is 2. The van der Waals surface area contributed by atoms with E-state index in [1.165, 1.54) is 19.2 Å². The Kier molecular flexibility index (Phi) is 1.76. The van der Waals surface area contributed by atoms with E-state index in [-0.39, 0.29) is 11.4 Å². The van der Waals surface area contributed by atoms with Crippen LogP contribution in [-0.4, -0.2) is 12.2 Å². The van der Waals surface area contributed by atoms with Crippen molar-refractivity contribution in [3.63, 3.8) is 0 Å². The van der Waals surface area contributed by atoms with E-state index in [1.807, 2.05) is 0 Å². The number of phenols is 1. The molecule has 0 unspecified atom stereocenters. The average molecular weight is 141 g/mol. The SMILES string of the molecule is CN(F)c1ccccc1O. The molecule has 1 N–H and O–H groups in total. The second-order valence-corrected chi connectivity index (χ2v) is 1.97. The Hall–Kier alpha value is -1.25. The minimum atomic E-state index is -0.0486. The van der Waals surface area contributed by atoms with E-state index in [4.69, 9.17) is 5.11 Å². The lowest BCUT2D eigenvalue weighted by Crippen LogP contribution is -2.01. The van der Waals surface area contributed by atoms with Crippen molar-refractivity contribution in [2.24, 2.45) is 0 Å². The monoisotopic (exact) mass is 141 g/mol. The number of anilines is 1. The van der Waals surface area contributed by atoms with Crippen molar-refractivity contribution in [1.29, 1.82) is 0 Å². The molecule has 0 aliphatic rings. The number of hydrogen-bond donors (Lipinski definition) is 1. The Bertz CT molecular complexity index is 225. The number of aromatic hydroxyl groups is 1. The van der Waals surface area contributed by atoms with Crippen LogP contribution >= 0.6 is 0 Å². The van der Waals surface area contributed by atoms with Gasteiger partial charge in [0.05, 0.1) is 0 Å². The molecule has 3 heteroatoms. The average Bonchev–Trinajstić information content (AvgIpc) is 1.88. The molecule has 54 valence electrons. The first-order valence-corrected chi connectivity index (χ1v) is 2.89. The van der Waals surface area contributed by atoms with Gasteiger partial charge in [-0.2, -0.15) is 0 Å². The highest BCUT2D eigenvalue weighted by atomic mass is 19.2. The maximum atomic E-state index is 12.4. The minimum absolute atomic E-state index is 0.0486. The van der Waals surface area contributed by atoms with Crippen LogP contribution in [0.3, 0.4) is 0 Å². The van der Waals surface area contributed by atoms with Crippen LogP contribution in [0.4, 0.5) is 10.2 Å². The first-order valence-electron chi connectivity index (χ1n) is 2.89. The Morgan fingerprint density at radius 2 is 2.00 bits per heavy atom. The molecule has 0 heterocycles. The summed E-state index contributed by atoms with van der Waals surface area (Å²) in [5.41, 5.74) is 0.183. The smallest absolute Gasteiger partial charge is 0.141 e. The van der Waals surface area contributed by atoms with E-state index >= 15 is 0 Å². The van der Waals surface area contributed by atoms with Gasteiger partial charge in [0.2, 0.25) is 0 Å². The van der Waals surface area contributed by atoms with Crippen molar-refractivity contribution in [3.05, 3.63) is 24.3 Å². The van der Waals surface area contributed by atoms with Crippen molar-refractivity contribution in [1.82, 2.24) is 0 Å². The summed E-state index contributed by atoms with van der Waals surface area (Å²) < 4.78 is 12.4. The second kappa shape index (κ2) is 2.56. The van der Waals surface area contributed by atoms with Crippen LogP contribution in [0.25, 0.3) is 0 Å². The first kappa shape index (κ1) is 6.86. The predicted octanol–water partition coefficient (Wildman–Crippen LogP) is 1.71. The molecule has 0 saturated carbocycles. The molecule has 0 spiro atoms. The third-order valence-electron chi connectivity index (χ3n) is 1.21. The largest absolute Gasteiger partial charge is 0.506 e. The van der Waals surface area contributed by atoms with Crippen molar-refractivity contribution in [3.8, 4) is 5.75 Å². The van der Waals surface area contributed by atoms with Crippen molar-refractivity contribution < 1.29 is 9.59 Å². The quantitative estimate of drug-likeness (QED) is 0.602. The molecule has 10 heavy (non-hydrogen) atoms. The van der Waals surface area contributed by atoms with Crippen molar-refractivity contribution in [2.75, 3.05) is 12.2 Å². The summed E-state index contributed by atoms with van der Waals surface area (Å²) in [6, 6.07) is 6.23. The van der Waals surface area contributed by atoms with E-state index in [1.54, 1.807) is 12.1 Å². The van der Waals surface area contributed by atoms with Gasteiger partial charge >= 0.3 is 0 Å². The van der Waals surface area contributed by atoms with Gasteiger partial charge in [-0.25, -0.2) is 5.12 Å². The van der Waals surface area contributed by atoms with Gasteiger partial charge in [0.15, 0.2) is 0 Å². The van der Waals surface area contributed by atoms with Gasteiger partial charge in [0.25, 0.3) is 0 Å². The zero-order chi connectivity index (χ0) is 7.56. The third kappa shape index (κ3) is 1.18. The van der Waals surface area contributed by atoms with Gasteiger partial charge in [-0.05, 0) is 12.1 Å². The molecular formula is C7H8FNO. The summed E-state index contributed by atoms with van der Waals surface area (Å²) in [6.45, 7) is 0. The number of benzene rings is 1. The fraction of sp³-hybridized carbons (Fsp3) is 0.143. The van der Waals surface area contributed by atoms with E-state index < -0.39 is 0 Å². The van der Waals surface area contributed by atoms with Gasteiger partial charge in [0.1, 0.15) is 11.4 Å². The lowest BCUT2D eigenvalue weighted by Gasteiger charge is -2.07. The summed E-state index contributed by atoms with van der Waals surface area (Å²) >= 11 is 0. The lowest BCUT2D eigenvalue weighted by molar-refractivity contribution is 0.439. The molecule has 1 aromatic carbocycles. The highest BCUT2D eigenvalue weighted by Crippen LogP contribution is 2.24. The van der Waals surface area contributed by atoms with Crippen molar-refractivity contribution in [2.45, 2.75) is 0 Å². The molecule has 0 bridgehead atoms. The van der Waals surface area contributed by atoms with E-state index in [2.05, 4.69) is 0 Å². The molecular weight excluding hydrogens is 133 g/mol. The Morgan fingerprint density at radius 3 is 2.40 bits per heavy atom. The molecule has 0 fully saturated rings. The molecule has 1 rings (SSSR count). The zero-order valence-corrected chi connectivity index (χ0v) is 5.58. The number of rotatable bonds is 1. The minimum Gasteiger partial charge on any atom is -0.506 e. The fourth-order valence-electron chi connectivity index (χ4n) is 0.725. The Balaban J connectivity index is 3.03. The summed E-state index contributed by atoms with van der Waals surface area (Å²) in [4.78, 5) is 0. The maximum absolute atomic E-state index is 12.4. The summed E-state index contributed by atoms with van der Waals surface area (Å²) in [5, 5.41) is 9.37. The Morgan fingerprint density at radius 1 is 1.40 bits per heavy atom. The van der Waals surface area contributed by atoms with Crippen molar-refractivity contribution >= 4 is 5.69 Å². The van der Waals surface area contributed by atoms with Crippen LogP contribution < -0.4 is 5.12 Å². The van der Waals surface area contributed by atoms with E-state index in [0.29, 0.717) is 5.12 Å². The van der Waals surface area contributed by atoms with Gasteiger partial charge < -0.3 is 5.11 Å². The van der Waals surface area contributed by atoms with Crippen LogP contribution in [0, 0.1) is 0 Å². The third-order valence-corrected chi connectivity index (χ3v) is 1.21. The van der Waals surface area contributed by atoms with E-state index in [0.717, 1.165) is 0 Å². The van der Waals surface area contributed by atoms with Gasteiger partial charge in [-0.3, -0.25) is 0 Å². The molecule has 1 aromatic rings. The fourth-order valence-corrected chi connectivity index (χ4v) is 0.725. The summed E-state index contributed by atoms with van der Waals surface area (Å²) in [7, 11) is 1.23. The number of para-hydroxylation sites is 2. The standard InChI is InChI=1S/C7H8FNO/c1-9(8)6-4-2-3-5-7(6)10/h2-5,10H,1H3.